The van der Waals surface area contributed by atoms with Crippen molar-refractivity contribution < 1.29 is 4.79 Å². The minimum absolute atomic E-state index is 0.833. The fourth-order valence-electron chi connectivity index (χ4n) is 0. The van der Waals surface area contributed by atoms with Crippen molar-refractivity contribution in [1.29, 1.82) is 0 Å². The molecule has 3 nitrogen and oxygen atoms in total. The lowest BCUT2D eigenvalue weighted by Crippen LogP contribution is -2.18. The molecule has 0 aliphatic rings. The zero-order chi connectivity index (χ0) is 6.28. The zero-order valence-electron chi connectivity index (χ0n) is 3.73. The van der Waals surface area contributed by atoms with Gasteiger partial charge in [0.25, 0.3) is 0 Å². The number of carbonyl (C=O) groups is 1. The summed E-state index contributed by atoms with van der Waals surface area (Å²) in [6, 6.07) is -0.833. The van der Waals surface area contributed by atoms with Crippen LogP contribution in [-0.4, -0.2) is 6.03 Å². The van der Waals surface area contributed by atoms with Gasteiger partial charge in [-0.05, 0) is 5.54 Å². The molecule has 4 N–H and O–H groups in total. The summed E-state index contributed by atoms with van der Waals surface area (Å²) in [7, 11) is 0. The van der Waals surface area contributed by atoms with Crippen molar-refractivity contribution in [3.8, 4) is 0 Å². The number of hydrogen-bond donors (Lipinski definition) is 2. The third kappa shape index (κ3) is 118. The first-order chi connectivity index (χ1) is 3.15. The van der Waals surface area contributed by atoms with E-state index in [1.54, 1.807) is 0 Å². The van der Waals surface area contributed by atoms with Gasteiger partial charge in [-0.3, -0.25) is 0 Å². The van der Waals surface area contributed by atoms with Crippen LogP contribution in [0, 0.1) is 0 Å². The SMILES string of the molecule is C=CCl.NC(N)=O. The summed E-state index contributed by atoms with van der Waals surface area (Å²) >= 11 is 4.76. The summed E-state index contributed by atoms with van der Waals surface area (Å²) in [5, 5.41) is 0. The van der Waals surface area contributed by atoms with Crippen molar-refractivity contribution in [3.63, 3.8) is 0 Å². The Balaban J connectivity index is 0. The summed E-state index contributed by atoms with van der Waals surface area (Å²) in [5.74, 6) is 0. The first kappa shape index (κ1) is 9.57. The normalized spacial score (nSPS) is 5.29. The average molecular weight is 123 g/mol. The van der Waals surface area contributed by atoms with Gasteiger partial charge in [-0.25, -0.2) is 4.79 Å². The van der Waals surface area contributed by atoms with Gasteiger partial charge in [-0.2, -0.15) is 0 Å². The predicted octanol–water partition coefficient (Wildman–Crippen LogP) is 0.393. The van der Waals surface area contributed by atoms with Crippen LogP contribution in [0.5, 0.6) is 0 Å². The van der Waals surface area contributed by atoms with E-state index in [-0.39, 0.29) is 0 Å². The predicted molar refractivity (Wildman–Crippen MR) is 29.8 cm³/mol. The van der Waals surface area contributed by atoms with E-state index in [1.165, 1.54) is 5.54 Å². The lowest BCUT2D eigenvalue weighted by molar-refractivity contribution is 0.256. The Bertz CT molecular complexity index is 60.0. The molecule has 0 unspecified atom stereocenters. The highest BCUT2D eigenvalue weighted by Crippen LogP contribution is 1.60. The molecule has 0 atom stereocenters. The Morgan fingerprint density at radius 3 is 1.71 bits per heavy atom. The minimum Gasteiger partial charge on any atom is -0.352 e. The van der Waals surface area contributed by atoms with E-state index in [2.05, 4.69) is 18.0 Å². The van der Waals surface area contributed by atoms with Crippen LogP contribution in [0.1, 0.15) is 0 Å². The topological polar surface area (TPSA) is 69.1 Å². The van der Waals surface area contributed by atoms with E-state index in [0.717, 1.165) is 0 Å². The molecule has 0 aromatic carbocycles. The summed E-state index contributed by atoms with van der Waals surface area (Å²) in [6.07, 6.45) is 0. The molecular weight excluding hydrogens is 115 g/mol. The van der Waals surface area contributed by atoms with Gasteiger partial charge >= 0.3 is 6.03 Å². The molecule has 0 aliphatic carbocycles. The molecule has 0 saturated carbocycles. The van der Waals surface area contributed by atoms with Crippen LogP contribution < -0.4 is 11.5 Å². The second kappa shape index (κ2) is 9.00. The Morgan fingerprint density at radius 1 is 1.71 bits per heavy atom. The van der Waals surface area contributed by atoms with Crippen molar-refractivity contribution in [2.75, 3.05) is 0 Å². The molecule has 0 aromatic heterocycles. The third-order valence-corrected chi connectivity index (χ3v) is 0. The van der Waals surface area contributed by atoms with E-state index in [4.69, 9.17) is 16.4 Å². The molecule has 2 amide bonds. The van der Waals surface area contributed by atoms with E-state index in [0.29, 0.717) is 0 Å². The van der Waals surface area contributed by atoms with Crippen LogP contribution in [0.3, 0.4) is 0 Å². The van der Waals surface area contributed by atoms with Crippen molar-refractivity contribution in [3.05, 3.63) is 12.1 Å². The Labute approximate surface area is 46.9 Å². The molecule has 42 valence electrons. The number of halogens is 1. The molecule has 4 heteroatoms. The van der Waals surface area contributed by atoms with Gasteiger partial charge in [-0.15, -0.1) is 0 Å². The number of rotatable bonds is 0. The maximum absolute atomic E-state index is 9.00. The average Bonchev–Trinajstić information content (AvgIpc) is 1.33. The molecule has 0 radical (unpaired) electrons. The van der Waals surface area contributed by atoms with Crippen molar-refractivity contribution in [2.24, 2.45) is 11.5 Å². The van der Waals surface area contributed by atoms with Crippen LogP contribution >= 0.6 is 11.6 Å². The number of urea groups is 1. The molecule has 7 heavy (non-hydrogen) atoms. The number of nitrogens with two attached hydrogens (primary N) is 2. The maximum Gasteiger partial charge on any atom is 0.309 e. The number of hydrogen-bond acceptors (Lipinski definition) is 1. The molecule has 0 fully saturated rings. The van der Waals surface area contributed by atoms with Gasteiger partial charge in [-0.1, -0.05) is 18.2 Å². The Morgan fingerprint density at radius 2 is 1.71 bits per heavy atom. The third-order valence-electron chi connectivity index (χ3n) is 0. The fraction of sp³-hybridized carbons (Fsp3) is 0. The maximum atomic E-state index is 9.00. The summed E-state index contributed by atoms with van der Waals surface area (Å²) in [5.41, 5.74) is 9.72. The van der Waals surface area contributed by atoms with Crippen molar-refractivity contribution >= 4 is 17.6 Å². The first-order valence-electron chi connectivity index (χ1n) is 1.41. The lowest BCUT2D eigenvalue weighted by Gasteiger charge is -1.62. The smallest absolute Gasteiger partial charge is 0.309 e. The van der Waals surface area contributed by atoms with E-state index >= 15 is 0 Å². The number of amides is 2. The van der Waals surface area contributed by atoms with Crippen LogP contribution in [0.2, 0.25) is 0 Å². The molecule has 0 spiro atoms. The first-order valence-corrected chi connectivity index (χ1v) is 1.84. The summed E-state index contributed by atoms with van der Waals surface area (Å²) < 4.78 is 0. The van der Waals surface area contributed by atoms with Gasteiger partial charge in [0.05, 0.1) is 0 Å². The summed E-state index contributed by atoms with van der Waals surface area (Å²) in [6.45, 7) is 3.13. The fourth-order valence-corrected chi connectivity index (χ4v) is 0. The van der Waals surface area contributed by atoms with Crippen LogP contribution in [0.25, 0.3) is 0 Å². The van der Waals surface area contributed by atoms with Crippen LogP contribution in [0.4, 0.5) is 4.79 Å². The molecule has 0 aliphatic heterocycles. The Hall–Kier alpha value is -0.700. The molecule has 0 saturated heterocycles. The number of primary amides is 2. The highest BCUT2D eigenvalue weighted by atomic mass is 35.5. The second-order valence-electron chi connectivity index (χ2n) is 0.557. The summed E-state index contributed by atoms with van der Waals surface area (Å²) in [4.78, 5) is 9.00. The van der Waals surface area contributed by atoms with Gasteiger partial charge in [0, 0.05) is 0 Å². The molecule has 0 rings (SSSR count). The van der Waals surface area contributed by atoms with Crippen molar-refractivity contribution in [2.45, 2.75) is 0 Å². The number of carbonyl (C=O) groups excluding carboxylic acids is 1. The van der Waals surface area contributed by atoms with Crippen LogP contribution in [-0.2, 0) is 0 Å². The zero-order valence-corrected chi connectivity index (χ0v) is 4.48. The van der Waals surface area contributed by atoms with Crippen LogP contribution in [0.15, 0.2) is 12.1 Å². The standard InChI is InChI=1S/C2H3Cl.CH4N2O/c1-2-3;2-1(3)4/h2H,1H2;(H4,2,3,4). The van der Waals surface area contributed by atoms with Gasteiger partial charge in [0.2, 0.25) is 0 Å². The van der Waals surface area contributed by atoms with E-state index in [9.17, 15) is 0 Å². The Kier molecular flexibility index (Phi) is 12.3. The lowest BCUT2D eigenvalue weighted by atomic mass is 11.2. The molecule has 0 aromatic rings. The highest BCUT2D eigenvalue weighted by molar-refractivity contribution is 6.25. The molecule has 0 heterocycles. The van der Waals surface area contributed by atoms with E-state index < -0.39 is 6.03 Å². The minimum atomic E-state index is -0.833. The van der Waals surface area contributed by atoms with Gasteiger partial charge < -0.3 is 11.5 Å². The van der Waals surface area contributed by atoms with Crippen molar-refractivity contribution in [1.82, 2.24) is 0 Å². The highest BCUT2D eigenvalue weighted by Gasteiger charge is 1.60. The van der Waals surface area contributed by atoms with E-state index in [1.807, 2.05) is 0 Å². The van der Waals surface area contributed by atoms with Gasteiger partial charge in [0.1, 0.15) is 0 Å². The monoisotopic (exact) mass is 122 g/mol. The molecular formula is C3H7ClN2O. The molecule has 0 bridgehead atoms. The quantitative estimate of drug-likeness (QED) is 0.480. The largest absolute Gasteiger partial charge is 0.352 e. The van der Waals surface area contributed by atoms with Gasteiger partial charge in [0.15, 0.2) is 0 Å². The second-order valence-corrected chi connectivity index (χ2v) is 0.865.